The maximum atomic E-state index is 13.4. The molecule has 1 fully saturated rings. The average Bonchev–Trinajstić information content (AvgIpc) is 3.40. The van der Waals surface area contributed by atoms with Crippen molar-refractivity contribution in [3.63, 3.8) is 0 Å². The van der Waals surface area contributed by atoms with Gasteiger partial charge in [-0.3, -0.25) is 4.79 Å². The standard InChI is InChI=1S/C21H23NO2S/c1-14(15-7-8-15)22(17-9-11-18(24-2)12-10-17)21(23)20-13-16-5-3-4-6-19(16)25-20/h3-6,9-12,14-15,20H,7-8,13H2,1-2H3. The van der Waals surface area contributed by atoms with Crippen LogP contribution in [-0.4, -0.2) is 24.3 Å². The number of benzene rings is 2. The zero-order chi connectivity index (χ0) is 17.4. The van der Waals surface area contributed by atoms with Gasteiger partial charge >= 0.3 is 0 Å². The van der Waals surface area contributed by atoms with Crippen molar-refractivity contribution < 1.29 is 9.53 Å². The lowest BCUT2D eigenvalue weighted by molar-refractivity contribution is -0.118. The van der Waals surface area contributed by atoms with Crippen LogP contribution >= 0.6 is 11.8 Å². The van der Waals surface area contributed by atoms with E-state index in [2.05, 4.69) is 25.1 Å². The zero-order valence-electron chi connectivity index (χ0n) is 14.6. The Hall–Kier alpha value is -1.94. The first-order valence-electron chi connectivity index (χ1n) is 8.89. The van der Waals surface area contributed by atoms with E-state index >= 15 is 0 Å². The third-order valence-corrected chi connectivity index (χ3v) is 6.53. The van der Waals surface area contributed by atoms with E-state index < -0.39 is 0 Å². The molecule has 0 spiro atoms. The molecule has 3 nitrogen and oxygen atoms in total. The fourth-order valence-electron chi connectivity index (χ4n) is 3.57. The molecule has 2 aromatic rings. The van der Waals surface area contributed by atoms with Crippen LogP contribution in [0.1, 0.15) is 25.3 Å². The first-order valence-corrected chi connectivity index (χ1v) is 9.77. The van der Waals surface area contributed by atoms with Gasteiger partial charge < -0.3 is 9.64 Å². The van der Waals surface area contributed by atoms with Gasteiger partial charge in [-0.25, -0.2) is 0 Å². The summed E-state index contributed by atoms with van der Waals surface area (Å²) in [5.74, 6) is 1.67. The summed E-state index contributed by atoms with van der Waals surface area (Å²) >= 11 is 1.71. The summed E-state index contributed by atoms with van der Waals surface area (Å²) < 4.78 is 5.26. The lowest BCUT2D eigenvalue weighted by atomic mass is 10.1. The Bertz CT molecular complexity index is 745. The van der Waals surface area contributed by atoms with Crippen molar-refractivity contribution >= 4 is 23.4 Å². The molecule has 2 atom stereocenters. The molecule has 1 aliphatic carbocycles. The minimum Gasteiger partial charge on any atom is -0.497 e. The Morgan fingerprint density at radius 3 is 2.52 bits per heavy atom. The van der Waals surface area contributed by atoms with E-state index in [0.717, 1.165) is 17.9 Å². The molecule has 0 radical (unpaired) electrons. The van der Waals surface area contributed by atoms with Gasteiger partial charge in [0.05, 0.1) is 12.4 Å². The highest BCUT2D eigenvalue weighted by molar-refractivity contribution is 8.01. The highest BCUT2D eigenvalue weighted by Crippen LogP contribution is 2.41. The van der Waals surface area contributed by atoms with E-state index in [1.165, 1.54) is 23.3 Å². The van der Waals surface area contributed by atoms with E-state index in [0.29, 0.717) is 5.92 Å². The second-order valence-electron chi connectivity index (χ2n) is 6.90. The topological polar surface area (TPSA) is 29.5 Å². The maximum Gasteiger partial charge on any atom is 0.241 e. The van der Waals surface area contributed by atoms with Gasteiger partial charge in [-0.15, -0.1) is 11.8 Å². The van der Waals surface area contributed by atoms with Crippen LogP contribution in [0.5, 0.6) is 5.75 Å². The molecule has 2 aromatic carbocycles. The molecule has 2 aliphatic rings. The number of ether oxygens (including phenoxy) is 1. The molecule has 1 aliphatic heterocycles. The first kappa shape index (κ1) is 16.5. The molecule has 4 rings (SSSR count). The van der Waals surface area contributed by atoms with Crippen LogP contribution in [-0.2, 0) is 11.2 Å². The molecular formula is C21H23NO2S. The fraction of sp³-hybridized carbons (Fsp3) is 0.381. The number of thioether (sulfide) groups is 1. The van der Waals surface area contributed by atoms with Crippen molar-refractivity contribution in [3.8, 4) is 5.75 Å². The molecule has 0 saturated heterocycles. The van der Waals surface area contributed by atoms with Gasteiger partial charge in [0.25, 0.3) is 0 Å². The quantitative estimate of drug-likeness (QED) is 0.790. The van der Waals surface area contributed by atoms with Gasteiger partial charge in [-0.1, -0.05) is 18.2 Å². The molecule has 25 heavy (non-hydrogen) atoms. The Kier molecular flexibility index (Phi) is 4.46. The highest BCUT2D eigenvalue weighted by Gasteiger charge is 2.39. The van der Waals surface area contributed by atoms with Gasteiger partial charge in [0, 0.05) is 16.6 Å². The second kappa shape index (κ2) is 6.75. The predicted molar refractivity (Wildman–Crippen MR) is 102 cm³/mol. The van der Waals surface area contributed by atoms with Gasteiger partial charge in [0.2, 0.25) is 5.91 Å². The monoisotopic (exact) mass is 353 g/mol. The van der Waals surface area contributed by atoms with Crippen molar-refractivity contribution in [1.82, 2.24) is 0 Å². The molecule has 130 valence electrons. The number of hydrogen-bond acceptors (Lipinski definition) is 3. The summed E-state index contributed by atoms with van der Waals surface area (Å²) in [6, 6.07) is 16.5. The van der Waals surface area contributed by atoms with E-state index in [4.69, 9.17) is 4.74 Å². The molecular weight excluding hydrogens is 330 g/mol. The number of fused-ring (bicyclic) bond motifs is 1. The number of nitrogens with zero attached hydrogens (tertiary/aromatic N) is 1. The Morgan fingerprint density at radius 2 is 1.88 bits per heavy atom. The van der Waals surface area contributed by atoms with Crippen LogP contribution < -0.4 is 9.64 Å². The van der Waals surface area contributed by atoms with Crippen LogP contribution in [0.4, 0.5) is 5.69 Å². The summed E-state index contributed by atoms with van der Waals surface area (Å²) in [5, 5.41) is -0.0271. The predicted octanol–water partition coefficient (Wildman–Crippen LogP) is 4.54. The molecule has 1 heterocycles. The number of hydrogen-bond donors (Lipinski definition) is 0. The summed E-state index contributed by atoms with van der Waals surface area (Å²) in [6.45, 7) is 2.19. The van der Waals surface area contributed by atoms with Gasteiger partial charge in [0.1, 0.15) is 5.75 Å². The van der Waals surface area contributed by atoms with Crippen molar-refractivity contribution in [2.24, 2.45) is 5.92 Å². The molecule has 2 unspecified atom stereocenters. The third-order valence-electron chi connectivity index (χ3n) is 5.22. The zero-order valence-corrected chi connectivity index (χ0v) is 15.5. The van der Waals surface area contributed by atoms with Crippen molar-refractivity contribution in [2.75, 3.05) is 12.0 Å². The lowest BCUT2D eigenvalue weighted by Crippen LogP contribution is -2.44. The first-order chi connectivity index (χ1) is 12.2. The van der Waals surface area contributed by atoms with Crippen LogP contribution in [0.25, 0.3) is 0 Å². The second-order valence-corrected chi connectivity index (χ2v) is 8.15. The number of anilines is 1. The van der Waals surface area contributed by atoms with Crippen molar-refractivity contribution in [2.45, 2.75) is 42.4 Å². The minimum absolute atomic E-state index is 0.0271. The largest absolute Gasteiger partial charge is 0.497 e. The average molecular weight is 353 g/mol. The normalized spacial score (nSPS) is 20.0. The van der Waals surface area contributed by atoms with Crippen molar-refractivity contribution in [1.29, 1.82) is 0 Å². The summed E-state index contributed by atoms with van der Waals surface area (Å²) in [4.78, 5) is 16.7. The van der Waals surface area contributed by atoms with Gasteiger partial charge in [-0.2, -0.15) is 0 Å². The van der Waals surface area contributed by atoms with E-state index in [1.54, 1.807) is 18.9 Å². The molecule has 0 aromatic heterocycles. The Morgan fingerprint density at radius 1 is 1.16 bits per heavy atom. The summed E-state index contributed by atoms with van der Waals surface area (Å²) in [5.41, 5.74) is 2.27. The molecule has 0 N–H and O–H groups in total. The number of carbonyl (C=O) groups excluding carboxylic acids is 1. The van der Waals surface area contributed by atoms with Crippen LogP contribution in [0.3, 0.4) is 0 Å². The molecule has 4 heteroatoms. The van der Waals surface area contributed by atoms with Gasteiger partial charge in [-0.05, 0) is 68.0 Å². The minimum atomic E-state index is -0.0271. The Labute approximate surface area is 153 Å². The molecule has 1 saturated carbocycles. The fourth-order valence-corrected chi connectivity index (χ4v) is 4.81. The van der Waals surface area contributed by atoms with E-state index in [1.807, 2.05) is 35.2 Å². The van der Waals surface area contributed by atoms with E-state index in [9.17, 15) is 4.79 Å². The highest BCUT2D eigenvalue weighted by atomic mass is 32.2. The SMILES string of the molecule is COc1ccc(N(C(=O)C2Cc3ccccc3S2)C(C)C2CC2)cc1. The number of amides is 1. The Balaban J connectivity index is 1.60. The smallest absolute Gasteiger partial charge is 0.241 e. The molecule has 1 amide bonds. The number of methoxy groups -OCH3 is 1. The van der Waals surface area contributed by atoms with Crippen LogP contribution in [0.2, 0.25) is 0 Å². The number of rotatable bonds is 5. The van der Waals surface area contributed by atoms with Crippen LogP contribution in [0.15, 0.2) is 53.4 Å². The van der Waals surface area contributed by atoms with Crippen LogP contribution in [0, 0.1) is 5.92 Å². The molecule has 0 bridgehead atoms. The summed E-state index contributed by atoms with van der Waals surface area (Å²) in [6.07, 6.45) is 3.27. The third kappa shape index (κ3) is 3.28. The lowest BCUT2D eigenvalue weighted by Gasteiger charge is -2.31. The number of carbonyl (C=O) groups is 1. The van der Waals surface area contributed by atoms with Crippen molar-refractivity contribution in [3.05, 3.63) is 54.1 Å². The maximum absolute atomic E-state index is 13.4. The summed E-state index contributed by atoms with van der Waals surface area (Å²) in [7, 11) is 1.66. The van der Waals surface area contributed by atoms with Gasteiger partial charge in [0.15, 0.2) is 0 Å². The van der Waals surface area contributed by atoms with E-state index in [-0.39, 0.29) is 17.2 Å².